The molecule has 1 aromatic rings. The standard InChI is InChI=1S/C16H23N3O3/c1-5-18(6-2)14(20)10-19-12-9-11(17)7-8-13(12)22-16(3,4)15(19)21/h7-9H,5-6,10,17H2,1-4H3. The molecule has 2 rings (SSSR count). The molecule has 0 fully saturated rings. The maximum Gasteiger partial charge on any atom is 0.271 e. The highest BCUT2D eigenvalue weighted by molar-refractivity contribution is 6.06. The zero-order valence-corrected chi connectivity index (χ0v) is 13.5. The van der Waals surface area contributed by atoms with Crippen LogP contribution in [0.15, 0.2) is 18.2 Å². The van der Waals surface area contributed by atoms with E-state index in [4.69, 9.17) is 10.5 Å². The number of fused-ring (bicyclic) bond motifs is 1. The van der Waals surface area contributed by atoms with Gasteiger partial charge in [-0.3, -0.25) is 14.5 Å². The molecule has 1 heterocycles. The summed E-state index contributed by atoms with van der Waals surface area (Å²) in [6, 6.07) is 5.11. The first-order valence-electron chi connectivity index (χ1n) is 7.48. The number of ether oxygens (including phenoxy) is 1. The van der Waals surface area contributed by atoms with Gasteiger partial charge in [0, 0.05) is 18.8 Å². The molecule has 0 saturated carbocycles. The second kappa shape index (κ2) is 5.87. The third-order valence-electron chi connectivity index (χ3n) is 3.81. The van der Waals surface area contributed by atoms with Crippen molar-refractivity contribution in [2.45, 2.75) is 33.3 Å². The van der Waals surface area contributed by atoms with Gasteiger partial charge in [0.2, 0.25) is 5.91 Å². The van der Waals surface area contributed by atoms with E-state index >= 15 is 0 Å². The first-order valence-corrected chi connectivity index (χ1v) is 7.48. The molecule has 0 aromatic heterocycles. The Morgan fingerprint density at radius 3 is 2.55 bits per heavy atom. The second-order valence-electron chi connectivity index (χ2n) is 5.80. The molecule has 22 heavy (non-hydrogen) atoms. The molecule has 0 aliphatic carbocycles. The summed E-state index contributed by atoms with van der Waals surface area (Å²) in [6.07, 6.45) is 0. The van der Waals surface area contributed by atoms with Crippen LogP contribution in [0.3, 0.4) is 0 Å². The minimum atomic E-state index is -1.01. The van der Waals surface area contributed by atoms with Crippen molar-refractivity contribution in [3.63, 3.8) is 0 Å². The lowest BCUT2D eigenvalue weighted by Gasteiger charge is -2.39. The van der Waals surface area contributed by atoms with E-state index in [1.54, 1.807) is 36.9 Å². The average Bonchev–Trinajstić information content (AvgIpc) is 2.46. The fraction of sp³-hybridized carbons (Fsp3) is 0.500. The van der Waals surface area contributed by atoms with Crippen LogP contribution >= 0.6 is 0 Å². The van der Waals surface area contributed by atoms with Gasteiger partial charge in [-0.2, -0.15) is 0 Å². The summed E-state index contributed by atoms with van der Waals surface area (Å²) in [4.78, 5) is 28.2. The van der Waals surface area contributed by atoms with Crippen molar-refractivity contribution >= 4 is 23.2 Å². The molecule has 2 amide bonds. The molecule has 0 spiro atoms. The number of amides is 2. The van der Waals surface area contributed by atoms with Crippen molar-refractivity contribution in [2.75, 3.05) is 30.3 Å². The van der Waals surface area contributed by atoms with Crippen molar-refractivity contribution in [2.24, 2.45) is 0 Å². The lowest BCUT2D eigenvalue weighted by atomic mass is 10.0. The fourth-order valence-electron chi connectivity index (χ4n) is 2.55. The molecule has 6 nitrogen and oxygen atoms in total. The lowest BCUT2D eigenvalue weighted by molar-refractivity contribution is -0.136. The van der Waals surface area contributed by atoms with E-state index in [0.717, 1.165) is 0 Å². The highest BCUT2D eigenvalue weighted by Gasteiger charge is 2.41. The number of likely N-dealkylation sites (N-methyl/N-ethyl adjacent to an activating group) is 1. The average molecular weight is 305 g/mol. The number of hydrogen-bond donors (Lipinski definition) is 1. The Balaban J connectivity index is 2.38. The maximum atomic E-state index is 12.6. The van der Waals surface area contributed by atoms with Crippen LogP contribution in [0.25, 0.3) is 0 Å². The molecular formula is C16H23N3O3. The van der Waals surface area contributed by atoms with E-state index in [-0.39, 0.29) is 18.4 Å². The summed E-state index contributed by atoms with van der Waals surface area (Å²) in [5, 5.41) is 0. The third-order valence-corrected chi connectivity index (χ3v) is 3.81. The number of rotatable bonds is 4. The number of carbonyl (C=O) groups excluding carboxylic acids is 2. The molecule has 1 aliphatic rings. The van der Waals surface area contributed by atoms with E-state index in [0.29, 0.717) is 30.2 Å². The van der Waals surface area contributed by atoms with Gasteiger partial charge in [0.1, 0.15) is 12.3 Å². The Hall–Kier alpha value is -2.24. The normalized spacial score (nSPS) is 16.0. The van der Waals surface area contributed by atoms with E-state index in [9.17, 15) is 9.59 Å². The van der Waals surface area contributed by atoms with E-state index in [1.807, 2.05) is 13.8 Å². The van der Waals surface area contributed by atoms with Crippen LogP contribution in [0.4, 0.5) is 11.4 Å². The Bertz CT molecular complexity index is 594. The van der Waals surface area contributed by atoms with Gasteiger partial charge in [0.25, 0.3) is 5.91 Å². The smallest absolute Gasteiger partial charge is 0.271 e. The molecule has 6 heteroatoms. The zero-order valence-electron chi connectivity index (χ0n) is 13.5. The minimum Gasteiger partial charge on any atom is -0.476 e. The molecule has 0 unspecified atom stereocenters. The van der Waals surface area contributed by atoms with Gasteiger partial charge < -0.3 is 15.4 Å². The van der Waals surface area contributed by atoms with Gasteiger partial charge in [-0.1, -0.05) is 0 Å². The van der Waals surface area contributed by atoms with Crippen molar-refractivity contribution in [1.29, 1.82) is 0 Å². The van der Waals surface area contributed by atoms with Crippen LogP contribution in [-0.4, -0.2) is 41.9 Å². The molecular weight excluding hydrogens is 282 g/mol. The highest BCUT2D eigenvalue weighted by Crippen LogP contribution is 2.38. The number of nitrogen functional groups attached to an aromatic ring is 1. The lowest BCUT2D eigenvalue weighted by Crippen LogP contribution is -2.55. The number of benzene rings is 1. The highest BCUT2D eigenvalue weighted by atomic mass is 16.5. The van der Waals surface area contributed by atoms with Crippen molar-refractivity contribution < 1.29 is 14.3 Å². The summed E-state index contributed by atoms with van der Waals surface area (Å²) in [5.41, 5.74) is 5.87. The minimum absolute atomic E-state index is 0.0102. The van der Waals surface area contributed by atoms with Gasteiger partial charge in [-0.25, -0.2) is 0 Å². The van der Waals surface area contributed by atoms with Crippen molar-refractivity contribution in [3.8, 4) is 5.75 Å². The molecule has 1 aliphatic heterocycles. The van der Waals surface area contributed by atoms with Gasteiger partial charge >= 0.3 is 0 Å². The Morgan fingerprint density at radius 2 is 1.95 bits per heavy atom. The summed E-state index contributed by atoms with van der Waals surface area (Å²) in [6.45, 7) is 8.44. The third kappa shape index (κ3) is 2.86. The number of carbonyl (C=O) groups is 2. The number of nitrogens with zero attached hydrogens (tertiary/aromatic N) is 2. The Kier molecular flexibility index (Phi) is 4.30. The van der Waals surface area contributed by atoms with Gasteiger partial charge in [0.05, 0.1) is 5.69 Å². The van der Waals surface area contributed by atoms with Crippen molar-refractivity contribution in [3.05, 3.63) is 18.2 Å². The Labute approximate surface area is 130 Å². The molecule has 0 bridgehead atoms. The monoisotopic (exact) mass is 305 g/mol. The molecule has 1 aromatic carbocycles. The number of hydrogen-bond acceptors (Lipinski definition) is 4. The quantitative estimate of drug-likeness (QED) is 0.858. The molecule has 0 saturated heterocycles. The van der Waals surface area contributed by atoms with Gasteiger partial charge in [0.15, 0.2) is 5.60 Å². The predicted molar refractivity (Wildman–Crippen MR) is 85.8 cm³/mol. The molecule has 120 valence electrons. The van der Waals surface area contributed by atoms with Crippen LogP contribution in [0.5, 0.6) is 5.75 Å². The first kappa shape index (κ1) is 16.1. The van der Waals surface area contributed by atoms with E-state index < -0.39 is 5.60 Å². The number of anilines is 2. The first-order chi connectivity index (χ1) is 10.3. The predicted octanol–water partition coefficient (Wildman–Crippen LogP) is 1.64. The van der Waals surface area contributed by atoms with Crippen LogP contribution < -0.4 is 15.4 Å². The van der Waals surface area contributed by atoms with Gasteiger partial charge in [-0.15, -0.1) is 0 Å². The zero-order chi connectivity index (χ0) is 16.5. The molecule has 2 N–H and O–H groups in total. The van der Waals surface area contributed by atoms with Crippen LogP contribution in [0.2, 0.25) is 0 Å². The Morgan fingerprint density at radius 1 is 1.32 bits per heavy atom. The molecule has 0 radical (unpaired) electrons. The topological polar surface area (TPSA) is 75.9 Å². The van der Waals surface area contributed by atoms with Crippen LogP contribution in [0, 0.1) is 0 Å². The summed E-state index contributed by atoms with van der Waals surface area (Å²) in [7, 11) is 0. The molecule has 0 atom stereocenters. The SMILES string of the molecule is CCN(CC)C(=O)CN1C(=O)C(C)(C)Oc2ccc(N)cc21. The second-order valence-corrected chi connectivity index (χ2v) is 5.80. The van der Waals surface area contributed by atoms with E-state index in [1.165, 1.54) is 4.90 Å². The summed E-state index contributed by atoms with van der Waals surface area (Å²) in [5.74, 6) is 0.224. The van der Waals surface area contributed by atoms with Gasteiger partial charge in [-0.05, 0) is 45.9 Å². The van der Waals surface area contributed by atoms with E-state index in [2.05, 4.69) is 0 Å². The maximum absolute atomic E-state index is 12.6. The van der Waals surface area contributed by atoms with Crippen LogP contribution in [0.1, 0.15) is 27.7 Å². The fourth-order valence-corrected chi connectivity index (χ4v) is 2.55. The number of nitrogens with two attached hydrogens (primary N) is 1. The summed E-state index contributed by atoms with van der Waals surface area (Å²) >= 11 is 0. The van der Waals surface area contributed by atoms with Crippen LogP contribution in [-0.2, 0) is 9.59 Å². The largest absolute Gasteiger partial charge is 0.476 e. The summed E-state index contributed by atoms with van der Waals surface area (Å²) < 4.78 is 5.74. The van der Waals surface area contributed by atoms with Crippen molar-refractivity contribution in [1.82, 2.24) is 4.90 Å².